The Hall–Kier alpha value is -1.51. The van der Waals surface area contributed by atoms with Gasteiger partial charge in [-0.2, -0.15) is 0 Å². The lowest BCUT2D eigenvalue weighted by molar-refractivity contribution is 0.1000. The number of benzene rings is 1. The first-order valence-corrected chi connectivity index (χ1v) is 5.06. The van der Waals surface area contributed by atoms with Crippen LogP contribution in [0.15, 0.2) is 18.2 Å². The van der Waals surface area contributed by atoms with Crippen LogP contribution in [-0.2, 0) is 0 Å². The summed E-state index contributed by atoms with van der Waals surface area (Å²) in [6.45, 7) is 6.16. The third kappa shape index (κ3) is 2.49. The maximum absolute atomic E-state index is 11.0. The van der Waals surface area contributed by atoms with E-state index < -0.39 is 5.91 Å². The Kier molecular flexibility index (Phi) is 3.35. The molecule has 1 atom stereocenters. The van der Waals surface area contributed by atoms with E-state index in [0.29, 0.717) is 11.5 Å². The van der Waals surface area contributed by atoms with Gasteiger partial charge in [0.15, 0.2) is 0 Å². The van der Waals surface area contributed by atoms with Gasteiger partial charge < -0.3 is 10.8 Å². The average Bonchev–Trinajstić information content (AvgIpc) is 2.16. The van der Waals surface area contributed by atoms with Gasteiger partial charge in [0, 0.05) is 5.56 Å². The molecule has 0 aliphatic rings. The molecule has 0 radical (unpaired) electrons. The lowest BCUT2D eigenvalue weighted by atomic mass is 9.88. The first-order valence-electron chi connectivity index (χ1n) is 5.06. The Bertz CT molecular complexity index is 372. The van der Waals surface area contributed by atoms with E-state index in [4.69, 9.17) is 5.73 Å². The number of rotatable bonds is 3. The van der Waals surface area contributed by atoms with E-state index in [1.165, 1.54) is 12.1 Å². The van der Waals surface area contributed by atoms with Gasteiger partial charge in [-0.05, 0) is 35.6 Å². The molecule has 0 fully saturated rings. The Morgan fingerprint density at radius 1 is 1.33 bits per heavy atom. The third-order valence-electron chi connectivity index (χ3n) is 2.80. The highest BCUT2D eigenvalue weighted by Crippen LogP contribution is 2.31. The maximum Gasteiger partial charge on any atom is 0.248 e. The van der Waals surface area contributed by atoms with Crippen LogP contribution in [0.4, 0.5) is 0 Å². The molecule has 15 heavy (non-hydrogen) atoms. The van der Waals surface area contributed by atoms with Gasteiger partial charge in [-0.3, -0.25) is 4.79 Å². The SMILES string of the molecule is CC(C)C(C)c1cc(C(N)=O)ccc1O. The number of carbonyl (C=O) groups excluding carboxylic acids is 1. The van der Waals surface area contributed by atoms with Crippen LogP contribution in [0, 0.1) is 5.92 Å². The number of phenolic OH excluding ortho intramolecular Hbond substituents is 1. The van der Waals surface area contributed by atoms with Crippen LogP contribution in [0.3, 0.4) is 0 Å². The fraction of sp³-hybridized carbons (Fsp3) is 0.417. The van der Waals surface area contributed by atoms with Crippen molar-refractivity contribution in [2.75, 3.05) is 0 Å². The number of amides is 1. The summed E-state index contributed by atoms with van der Waals surface area (Å²) in [5.41, 5.74) is 6.41. The summed E-state index contributed by atoms with van der Waals surface area (Å²) in [6.07, 6.45) is 0. The van der Waals surface area contributed by atoms with E-state index in [1.807, 2.05) is 6.92 Å². The second-order valence-electron chi connectivity index (χ2n) is 4.17. The van der Waals surface area contributed by atoms with Crippen molar-refractivity contribution in [3.05, 3.63) is 29.3 Å². The van der Waals surface area contributed by atoms with Gasteiger partial charge in [0.2, 0.25) is 5.91 Å². The molecule has 0 bridgehead atoms. The topological polar surface area (TPSA) is 63.3 Å². The van der Waals surface area contributed by atoms with E-state index >= 15 is 0 Å². The molecular formula is C12H17NO2. The Morgan fingerprint density at radius 3 is 2.40 bits per heavy atom. The highest BCUT2D eigenvalue weighted by Gasteiger charge is 2.15. The van der Waals surface area contributed by atoms with Gasteiger partial charge in [-0.25, -0.2) is 0 Å². The molecule has 3 nitrogen and oxygen atoms in total. The number of aromatic hydroxyl groups is 1. The van der Waals surface area contributed by atoms with E-state index in [2.05, 4.69) is 13.8 Å². The summed E-state index contributed by atoms with van der Waals surface area (Å²) in [5.74, 6) is 0.358. The number of nitrogens with two attached hydrogens (primary N) is 1. The van der Waals surface area contributed by atoms with Crippen molar-refractivity contribution in [1.82, 2.24) is 0 Å². The Morgan fingerprint density at radius 2 is 1.93 bits per heavy atom. The molecule has 3 N–H and O–H groups in total. The first-order chi connectivity index (χ1) is 6.93. The molecule has 0 saturated heterocycles. The molecule has 0 heterocycles. The molecule has 3 heteroatoms. The molecule has 1 rings (SSSR count). The van der Waals surface area contributed by atoms with Crippen molar-refractivity contribution in [3.8, 4) is 5.75 Å². The highest BCUT2D eigenvalue weighted by atomic mass is 16.3. The molecule has 0 saturated carbocycles. The normalized spacial score (nSPS) is 12.8. The summed E-state index contributed by atoms with van der Waals surface area (Å²) in [7, 11) is 0. The summed E-state index contributed by atoms with van der Waals surface area (Å²) in [6, 6.07) is 4.73. The van der Waals surface area contributed by atoms with Gasteiger partial charge in [-0.1, -0.05) is 20.8 Å². The van der Waals surface area contributed by atoms with Crippen LogP contribution in [0.2, 0.25) is 0 Å². The predicted molar refractivity (Wildman–Crippen MR) is 59.9 cm³/mol. The van der Waals surface area contributed by atoms with Crippen molar-refractivity contribution in [2.24, 2.45) is 11.7 Å². The molecule has 1 aromatic carbocycles. The second-order valence-corrected chi connectivity index (χ2v) is 4.17. The monoisotopic (exact) mass is 207 g/mol. The van der Waals surface area contributed by atoms with Gasteiger partial charge in [0.1, 0.15) is 5.75 Å². The Balaban J connectivity index is 3.16. The maximum atomic E-state index is 11.0. The van der Waals surface area contributed by atoms with Crippen LogP contribution < -0.4 is 5.73 Å². The molecule has 0 aliphatic heterocycles. The average molecular weight is 207 g/mol. The van der Waals surface area contributed by atoms with E-state index in [-0.39, 0.29) is 11.7 Å². The van der Waals surface area contributed by atoms with E-state index in [9.17, 15) is 9.90 Å². The van der Waals surface area contributed by atoms with E-state index in [0.717, 1.165) is 5.56 Å². The summed E-state index contributed by atoms with van der Waals surface area (Å²) in [5, 5.41) is 9.68. The quantitative estimate of drug-likeness (QED) is 0.798. The molecule has 1 aromatic rings. The molecule has 82 valence electrons. The van der Waals surface area contributed by atoms with Gasteiger partial charge in [0.25, 0.3) is 0 Å². The summed E-state index contributed by atoms with van der Waals surface area (Å²) < 4.78 is 0. The summed E-state index contributed by atoms with van der Waals surface area (Å²) in [4.78, 5) is 11.0. The second kappa shape index (κ2) is 4.34. The van der Waals surface area contributed by atoms with Crippen molar-refractivity contribution in [2.45, 2.75) is 26.7 Å². The number of phenols is 1. The lowest BCUT2D eigenvalue weighted by Crippen LogP contribution is -2.12. The van der Waals surface area contributed by atoms with Crippen LogP contribution in [0.25, 0.3) is 0 Å². The van der Waals surface area contributed by atoms with Crippen molar-refractivity contribution >= 4 is 5.91 Å². The largest absolute Gasteiger partial charge is 0.508 e. The minimum absolute atomic E-state index is 0.198. The minimum Gasteiger partial charge on any atom is -0.508 e. The minimum atomic E-state index is -0.466. The van der Waals surface area contributed by atoms with Crippen LogP contribution in [-0.4, -0.2) is 11.0 Å². The fourth-order valence-electron chi connectivity index (χ4n) is 1.43. The van der Waals surface area contributed by atoms with E-state index in [1.54, 1.807) is 6.07 Å². The zero-order valence-electron chi connectivity index (χ0n) is 9.32. The smallest absolute Gasteiger partial charge is 0.248 e. The van der Waals surface area contributed by atoms with Crippen LogP contribution in [0.1, 0.15) is 42.6 Å². The van der Waals surface area contributed by atoms with Gasteiger partial charge in [-0.15, -0.1) is 0 Å². The van der Waals surface area contributed by atoms with Crippen LogP contribution in [0.5, 0.6) is 5.75 Å². The number of primary amides is 1. The standard InChI is InChI=1S/C12H17NO2/c1-7(2)8(3)10-6-9(12(13)15)4-5-11(10)14/h4-8,14H,1-3H3,(H2,13,15). The number of carbonyl (C=O) groups is 1. The van der Waals surface area contributed by atoms with Gasteiger partial charge >= 0.3 is 0 Å². The predicted octanol–water partition coefficient (Wildman–Crippen LogP) is 2.25. The first kappa shape index (κ1) is 11.6. The van der Waals surface area contributed by atoms with Crippen LogP contribution >= 0.6 is 0 Å². The molecule has 0 spiro atoms. The van der Waals surface area contributed by atoms with Gasteiger partial charge in [0.05, 0.1) is 0 Å². The Labute approximate surface area is 89.9 Å². The molecular weight excluding hydrogens is 190 g/mol. The molecule has 1 unspecified atom stereocenters. The zero-order valence-corrected chi connectivity index (χ0v) is 9.32. The third-order valence-corrected chi connectivity index (χ3v) is 2.80. The van der Waals surface area contributed by atoms with Crippen molar-refractivity contribution in [1.29, 1.82) is 0 Å². The molecule has 1 amide bonds. The molecule has 0 aliphatic carbocycles. The lowest BCUT2D eigenvalue weighted by Gasteiger charge is -2.17. The van der Waals surface area contributed by atoms with Crippen molar-refractivity contribution in [3.63, 3.8) is 0 Å². The fourth-order valence-corrected chi connectivity index (χ4v) is 1.43. The highest BCUT2D eigenvalue weighted by molar-refractivity contribution is 5.93. The summed E-state index contributed by atoms with van der Waals surface area (Å²) >= 11 is 0. The zero-order chi connectivity index (χ0) is 11.6. The number of hydrogen-bond acceptors (Lipinski definition) is 2. The molecule has 0 aromatic heterocycles. The number of hydrogen-bond donors (Lipinski definition) is 2. The van der Waals surface area contributed by atoms with Crippen molar-refractivity contribution < 1.29 is 9.90 Å².